The topological polar surface area (TPSA) is 78.9 Å². The van der Waals surface area contributed by atoms with Crippen LogP contribution in [0.5, 0.6) is 0 Å². The normalized spacial score (nSPS) is 12.7. The van der Waals surface area contributed by atoms with E-state index in [-0.39, 0.29) is 31.1 Å². The van der Waals surface area contributed by atoms with Gasteiger partial charge in [-0.1, -0.05) is 190 Å². The van der Waals surface area contributed by atoms with Crippen molar-refractivity contribution in [1.82, 2.24) is 0 Å². The maximum absolute atomic E-state index is 12.7. The molecule has 0 aliphatic heterocycles. The van der Waals surface area contributed by atoms with E-state index in [9.17, 15) is 14.4 Å². The van der Waals surface area contributed by atoms with Gasteiger partial charge < -0.3 is 14.2 Å². The van der Waals surface area contributed by atoms with Gasteiger partial charge in [-0.2, -0.15) is 0 Å². The first-order chi connectivity index (χ1) is 29.0. The molecule has 0 aromatic heterocycles. The predicted octanol–water partition coefficient (Wildman–Crippen LogP) is 15.9. The molecule has 0 fully saturated rings. The van der Waals surface area contributed by atoms with Crippen molar-refractivity contribution in [2.75, 3.05) is 13.2 Å². The van der Waals surface area contributed by atoms with Crippen molar-refractivity contribution in [1.29, 1.82) is 0 Å². The number of unbranched alkanes of at least 4 members (excludes halogenated alkanes) is 20. The van der Waals surface area contributed by atoms with Crippen LogP contribution in [0.15, 0.2) is 72.9 Å². The van der Waals surface area contributed by atoms with Crippen LogP contribution >= 0.6 is 0 Å². The van der Waals surface area contributed by atoms with Crippen molar-refractivity contribution in [2.24, 2.45) is 0 Å². The van der Waals surface area contributed by atoms with Gasteiger partial charge >= 0.3 is 17.9 Å². The van der Waals surface area contributed by atoms with Crippen LogP contribution in [0.25, 0.3) is 0 Å². The summed E-state index contributed by atoms with van der Waals surface area (Å²) in [4.78, 5) is 37.7. The van der Waals surface area contributed by atoms with Gasteiger partial charge in [0.25, 0.3) is 0 Å². The quantitative estimate of drug-likeness (QED) is 0.0264. The molecule has 0 heterocycles. The largest absolute Gasteiger partial charge is 0.462 e. The Bertz CT molecular complexity index is 1130. The van der Waals surface area contributed by atoms with Gasteiger partial charge in [-0.25, -0.2) is 0 Å². The first-order valence-corrected chi connectivity index (χ1v) is 24.4. The summed E-state index contributed by atoms with van der Waals surface area (Å²) < 4.78 is 16.7. The van der Waals surface area contributed by atoms with Crippen molar-refractivity contribution in [3.05, 3.63) is 72.9 Å². The highest BCUT2D eigenvalue weighted by Gasteiger charge is 2.19. The smallest absolute Gasteiger partial charge is 0.306 e. The number of esters is 3. The molecule has 0 N–H and O–H groups in total. The summed E-state index contributed by atoms with van der Waals surface area (Å²) in [6.45, 7) is 6.41. The van der Waals surface area contributed by atoms with Crippen LogP contribution in [-0.2, 0) is 28.6 Å². The molecule has 0 saturated carbocycles. The fourth-order valence-corrected chi connectivity index (χ4v) is 6.52. The van der Waals surface area contributed by atoms with Gasteiger partial charge in [-0.3, -0.25) is 14.4 Å². The van der Waals surface area contributed by atoms with Crippen LogP contribution in [-0.4, -0.2) is 37.2 Å². The van der Waals surface area contributed by atoms with E-state index in [1.165, 1.54) is 70.6 Å². The van der Waals surface area contributed by atoms with Crippen LogP contribution in [0.2, 0.25) is 0 Å². The predicted molar refractivity (Wildman–Crippen MR) is 251 cm³/mol. The summed E-state index contributed by atoms with van der Waals surface area (Å²) in [6, 6.07) is 0. The highest BCUT2D eigenvalue weighted by atomic mass is 16.6. The van der Waals surface area contributed by atoms with Crippen LogP contribution in [0, 0.1) is 0 Å². The maximum atomic E-state index is 12.7. The Morgan fingerprint density at radius 2 is 0.661 bits per heavy atom. The molecule has 6 nitrogen and oxygen atoms in total. The number of hydrogen-bond acceptors (Lipinski definition) is 6. The second-order valence-corrected chi connectivity index (χ2v) is 16.0. The van der Waals surface area contributed by atoms with Crippen LogP contribution < -0.4 is 0 Å². The van der Waals surface area contributed by atoms with Gasteiger partial charge in [-0.05, 0) is 89.9 Å². The van der Waals surface area contributed by atoms with Crippen molar-refractivity contribution in [2.45, 2.75) is 232 Å². The Balaban J connectivity index is 4.29. The number of carbonyl (C=O) groups excluding carboxylic acids is 3. The van der Waals surface area contributed by atoms with Gasteiger partial charge in [0, 0.05) is 19.3 Å². The molecule has 0 rings (SSSR count). The standard InChI is InChI=1S/C53H90O6/c1-4-7-10-13-16-18-20-22-24-26-27-28-30-31-33-35-37-40-43-46-52(55)58-49-50(48-57-51(54)45-42-39-15-12-9-6-3)59-53(56)47-44-41-38-36-34-32-29-25-23-21-19-17-14-11-8-5-2/h7,10,16,18-19,21-22,24-25,27-29,50H,4-6,8-9,11-15,17,20,23,26,30-49H2,1-3H3/b10-7-,18-16-,21-19-,24-22-,28-27-,29-25-. The van der Waals surface area contributed by atoms with E-state index in [0.29, 0.717) is 19.3 Å². The molecule has 6 heteroatoms. The fourth-order valence-electron chi connectivity index (χ4n) is 6.52. The van der Waals surface area contributed by atoms with Crippen molar-refractivity contribution in [3.63, 3.8) is 0 Å². The average molecular weight is 823 g/mol. The van der Waals surface area contributed by atoms with Crippen LogP contribution in [0.1, 0.15) is 226 Å². The number of hydrogen-bond donors (Lipinski definition) is 0. The molecular formula is C53H90O6. The molecule has 0 aliphatic carbocycles. The fraction of sp³-hybridized carbons (Fsp3) is 0.717. The molecule has 0 bridgehead atoms. The molecule has 1 unspecified atom stereocenters. The monoisotopic (exact) mass is 823 g/mol. The van der Waals surface area contributed by atoms with E-state index in [0.717, 1.165) is 116 Å². The third-order valence-corrected chi connectivity index (χ3v) is 10.2. The number of allylic oxidation sites excluding steroid dienone is 12. The Labute approximate surface area is 363 Å². The van der Waals surface area contributed by atoms with E-state index in [1.807, 2.05) is 0 Å². The van der Waals surface area contributed by atoms with E-state index in [1.54, 1.807) is 0 Å². The van der Waals surface area contributed by atoms with Gasteiger partial charge in [0.2, 0.25) is 0 Å². The second-order valence-electron chi connectivity index (χ2n) is 16.0. The van der Waals surface area contributed by atoms with Gasteiger partial charge in [0.15, 0.2) is 6.10 Å². The van der Waals surface area contributed by atoms with E-state index in [4.69, 9.17) is 14.2 Å². The molecule has 1 atom stereocenters. The Morgan fingerprint density at radius 3 is 1.05 bits per heavy atom. The maximum Gasteiger partial charge on any atom is 0.306 e. The molecule has 0 radical (unpaired) electrons. The number of carbonyl (C=O) groups is 3. The lowest BCUT2D eigenvalue weighted by Gasteiger charge is -2.18. The summed E-state index contributed by atoms with van der Waals surface area (Å²) >= 11 is 0. The molecule has 59 heavy (non-hydrogen) atoms. The zero-order valence-corrected chi connectivity index (χ0v) is 38.5. The van der Waals surface area contributed by atoms with Gasteiger partial charge in [0.1, 0.15) is 13.2 Å². The third-order valence-electron chi connectivity index (χ3n) is 10.2. The molecule has 0 aromatic rings. The minimum Gasteiger partial charge on any atom is -0.462 e. The summed E-state index contributed by atoms with van der Waals surface area (Å²) in [5.41, 5.74) is 0. The zero-order valence-electron chi connectivity index (χ0n) is 38.5. The Kier molecular flexibility index (Phi) is 45.0. The third kappa shape index (κ3) is 45.8. The number of rotatable bonds is 43. The van der Waals surface area contributed by atoms with Crippen LogP contribution in [0.3, 0.4) is 0 Å². The lowest BCUT2D eigenvalue weighted by atomic mass is 10.1. The van der Waals surface area contributed by atoms with Crippen molar-refractivity contribution in [3.8, 4) is 0 Å². The lowest BCUT2D eigenvalue weighted by Crippen LogP contribution is -2.30. The molecule has 0 saturated heterocycles. The summed E-state index contributed by atoms with van der Waals surface area (Å²) in [5.74, 6) is -0.926. The SMILES string of the molecule is CC/C=C\C/C=C\C/C=C\C/C=C\CCCCCCCCC(=O)OCC(COC(=O)CCCCCCCC)OC(=O)CCCCCCC/C=C\C/C=C\CCCCCC. The van der Waals surface area contributed by atoms with Crippen LogP contribution in [0.4, 0.5) is 0 Å². The van der Waals surface area contributed by atoms with E-state index >= 15 is 0 Å². The van der Waals surface area contributed by atoms with E-state index in [2.05, 4.69) is 93.7 Å². The average Bonchev–Trinajstić information content (AvgIpc) is 3.23. The first kappa shape index (κ1) is 55.9. The summed E-state index contributed by atoms with van der Waals surface area (Å²) in [6.07, 6.45) is 59.0. The molecule has 0 spiro atoms. The highest BCUT2D eigenvalue weighted by molar-refractivity contribution is 5.71. The van der Waals surface area contributed by atoms with Gasteiger partial charge in [-0.15, -0.1) is 0 Å². The Morgan fingerprint density at radius 1 is 0.356 bits per heavy atom. The zero-order chi connectivity index (χ0) is 43.0. The van der Waals surface area contributed by atoms with Crippen molar-refractivity contribution < 1.29 is 28.6 Å². The Hall–Kier alpha value is -3.15. The minimum atomic E-state index is -0.784. The summed E-state index contributed by atoms with van der Waals surface area (Å²) in [7, 11) is 0. The lowest BCUT2D eigenvalue weighted by molar-refractivity contribution is -0.167. The second kappa shape index (κ2) is 47.5. The van der Waals surface area contributed by atoms with E-state index < -0.39 is 6.10 Å². The number of ether oxygens (including phenoxy) is 3. The molecular weight excluding hydrogens is 733 g/mol. The highest BCUT2D eigenvalue weighted by Crippen LogP contribution is 2.13. The summed E-state index contributed by atoms with van der Waals surface area (Å²) in [5, 5.41) is 0. The minimum absolute atomic E-state index is 0.0864. The molecule has 338 valence electrons. The first-order valence-electron chi connectivity index (χ1n) is 24.4. The van der Waals surface area contributed by atoms with Gasteiger partial charge in [0.05, 0.1) is 0 Å². The van der Waals surface area contributed by atoms with Crippen molar-refractivity contribution >= 4 is 17.9 Å². The molecule has 0 amide bonds. The molecule has 0 aliphatic rings. The molecule has 0 aromatic carbocycles.